The van der Waals surface area contributed by atoms with E-state index in [0.29, 0.717) is 0 Å². The van der Waals surface area contributed by atoms with Crippen molar-refractivity contribution in [3.8, 4) is 0 Å². The van der Waals surface area contributed by atoms with Crippen molar-refractivity contribution < 1.29 is 14.3 Å². The van der Waals surface area contributed by atoms with Crippen molar-refractivity contribution in [3.05, 3.63) is 72.3 Å². The van der Waals surface area contributed by atoms with E-state index in [1.165, 1.54) is 11.8 Å². The lowest BCUT2D eigenvalue weighted by Crippen LogP contribution is -2.33. The van der Waals surface area contributed by atoms with Crippen LogP contribution in [0.2, 0.25) is 0 Å². The molecule has 0 saturated heterocycles. The summed E-state index contributed by atoms with van der Waals surface area (Å²) in [4.78, 5) is 0. The second kappa shape index (κ2) is 7.19. The quantitative estimate of drug-likeness (QED) is 0.289. The Morgan fingerprint density at radius 3 is 1.95 bits per heavy atom. The maximum atomic E-state index is 8.44. The van der Waals surface area contributed by atoms with Crippen LogP contribution in [-0.2, 0) is 13.1 Å². The molecule has 2 aromatic heterocycles. The van der Waals surface area contributed by atoms with E-state index in [9.17, 15) is 0 Å². The van der Waals surface area contributed by atoms with Crippen molar-refractivity contribution in [3.63, 3.8) is 0 Å². The van der Waals surface area contributed by atoms with E-state index in [2.05, 4.69) is 57.9 Å². The molecule has 0 fully saturated rings. The lowest BCUT2D eigenvalue weighted by molar-refractivity contribution is -0.691. The van der Waals surface area contributed by atoms with Crippen molar-refractivity contribution in [2.45, 2.75) is 20.0 Å². The molecule has 0 unspecified atom stereocenters. The minimum Gasteiger partial charge on any atom is -0.411 e. The van der Waals surface area contributed by atoms with Gasteiger partial charge in [0.2, 0.25) is 0 Å². The third kappa shape index (κ3) is 4.31. The molecule has 0 aliphatic rings. The number of nitrogens with zero attached hydrogens (tertiary/aromatic N) is 3. The molecule has 4 heteroatoms. The molecule has 2 heterocycles. The summed E-state index contributed by atoms with van der Waals surface area (Å²) in [6, 6.07) is 8.01. The van der Waals surface area contributed by atoms with Gasteiger partial charge in [-0.05, 0) is 24.6 Å². The number of hydrogen-bond acceptors (Lipinski definition) is 2. The normalized spacial score (nSPS) is 11.4. The van der Waals surface area contributed by atoms with Gasteiger partial charge in [0.25, 0.3) is 0 Å². The van der Waals surface area contributed by atoms with Crippen LogP contribution in [0.1, 0.15) is 11.1 Å². The first-order valence-corrected chi connectivity index (χ1v) is 6.55. The highest BCUT2D eigenvalue weighted by Gasteiger charge is 1.98. The molecule has 0 aromatic carbocycles. The minimum absolute atomic E-state index is 0.822. The molecule has 0 amide bonds. The molecular weight excluding hydrogens is 250 g/mol. The standard InChI is InChI=1S/C16H18N3O/c1-15-4-10-18(11-5-15)8-2-3-9-19-12-6-16(7-13-19)14-17-20/h2-7,10-14H,8-9H2,1H3/q+1/p+1/b3-2+. The predicted molar refractivity (Wildman–Crippen MR) is 76.5 cm³/mol. The Kier molecular flexibility index (Phi) is 5.00. The van der Waals surface area contributed by atoms with Gasteiger partial charge in [-0.1, -0.05) is 5.16 Å². The number of aromatic nitrogens is 2. The van der Waals surface area contributed by atoms with E-state index in [1.807, 2.05) is 24.5 Å². The third-order valence-electron chi connectivity index (χ3n) is 2.98. The molecule has 0 aliphatic heterocycles. The molecule has 102 valence electrons. The van der Waals surface area contributed by atoms with Crippen LogP contribution in [0, 0.1) is 6.92 Å². The van der Waals surface area contributed by atoms with Gasteiger partial charge < -0.3 is 5.21 Å². The van der Waals surface area contributed by atoms with Gasteiger partial charge in [0, 0.05) is 29.8 Å². The van der Waals surface area contributed by atoms with E-state index in [1.54, 1.807) is 0 Å². The van der Waals surface area contributed by atoms with Crippen LogP contribution in [0.25, 0.3) is 0 Å². The Morgan fingerprint density at radius 1 is 0.950 bits per heavy atom. The lowest BCUT2D eigenvalue weighted by atomic mass is 10.3. The Balaban J connectivity index is 1.85. The van der Waals surface area contributed by atoms with Crippen LogP contribution in [0.4, 0.5) is 0 Å². The van der Waals surface area contributed by atoms with Crippen molar-refractivity contribution in [1.82, 2.24) is 0 Å². The van der Waals surface area contributed by atoms with Crippen molar-refractivity contribution in [1.29, 1.82) is 0 Å². The Bertz CT molecular complexity index is 586. The summed E-state index contributed by atoms with van der Waals surface area (Å²) in [6.45, 7) is 3.78. The van der Waals surface area contributed by atoms with Gasteiger partial charge in [-0.3, -0.25) is 0 Å². The number of allylic oxidation sites excluding steroid dienone is 2. The molecule has 0 atom stereocenters. The van der Waals surface area contributed by atoms with E-state index >= 15 is 0 Å². The molecule has 0 saturated carbocycles. The molecule has 0 radical (unpaired) electrons. The van der Waals surface area contributed by atoms with Crippen LogP contribution in [0.5, 0.6) is 0 Å². The minimum atomic E-state index is 0.822. The fourth-order valence-electron chi connectivity index (χ4n) is 1.79. The van der Waals surface area contributed by atoms with Gasteiger partial charge in [0.05, 0.1) is 6.21 Å². The van der Waals surface area contributed by atoms with Crippen LogP contribution >= 0.6 is 0 Å². The van der Waals surface area contributed by atoms with E-state index in [4.69, 9.17) is 5.21 Å². The SMILES string of the molecule is Cc1cc[n+](C/C=C/C[n+]2ccc(/C=N\O)cc2)cc1. The van der Waals surface area contributed by atoms with Gasteiger partial charge >= 0.3 is 0 Å². The van der Waals surface area contributed by atoms with Gasteiger partial charge in [0.1, 0.15) is 0 Å². The van der Waals surface area contributed by atoms with Crippen LogP contribution < -0.4 is 9.13 Å². The molecule has 1 N–H and O–H groups in total. The highest BCUT2D eigenvalue weighted by atomic mass is 16.4. The third-order valence-corrected chi connectivity index (χ3v) is 2.98. The number of rotatable bonds is 5. The highest BCUT2D eigenvalue weighted by Crippen LogP contribution is 1.91. The molecule has 2 rings (SSSR count). The van der Waals surface area contributed by atoms with Gasteiger partial charge in [-0.15, -0.1) is 0 Å². The summed E-state index contributed by atoms with van der Waals surface area (Å²) < 4.78 is 4.19. The van der Waals surface area contributed by atoms with E-state index < -0.39 is 0 Å². The first-order chi connectivity index (χ1) is 9.78. The first-order valence-electron chi connectivity index (χ1n) is 6.55. The summed E-state index contributed by atoms with van der Waals surface area (Å²) in [5, 5.41) is 11.4. The number of hydrogen-bond donors (Lipinski definition) is 1. The lowest BCUT2D eigenvalue weighted by Gasteiger charge is -1.93. The average molecular weight is 269 g/mol. The van der Waals surface area contributed by atoms with Crippen LogP contribution in [0.3, 0.4) is 0 Å². The number of pyridine rings is 2. The monoisotopic (exact) mass is 269 g/mol. The predicted octanol–water partition coefficient (Wildman–Crippen LogP) is 1.63. The number of oxime groups is 1. The summed E-state index contributed by atoms with van der Waals surface area (Å²) in [5.41, 5.74) is 2.15. The van der Waals surface area contributed by atoms with Crippen molar-refractivity contribution in [2.75, 3.05) is 0 Å². The van der Waals surface area contributed by atoms with Gasteiger partial charge in [-0.25, -0.2) is 9.13 Å². The van der Waals surface area contributed by atoms with E-state index in [0.717, 1.165) is 18.7 Å². The fourth-order valence-corrected chi connectivity index (χ4v) is 1.79. The second-order valence-electron chi connectivity index (χ2n) is 4.62. The van der Waals surface area contributed by atoms with Crippen LogP contribution in [0.15, 0.2) is 66.4 Å². The van der Waals surface area contributed by atoms with Gasteiger partial charge in [0.15, 0.2) is 37.9 Å². The molecule has 0 aliphatic carbocycles. The van der Waals surface area contributed by atoms with Gasteiger partial charge in [-0.2, -0.15) is 0 Å². The average Bonchev–Trinajstić information content (AvgIpc) is 2.47. The largest absolute Gasteiger partial charge is 0.411 e. The Labute approximate surface area is 118 Å². The smallest absolute Gasteiger partial charge is 0.169 e. The first kappa shape index (κ1) is 13.9. The van der Waals surface area contributed by atoms with Crippen molar-refractivity contribution >= 4 is 6.21 Å². The summed E-state index contributed by atoms with van der Waals surface area (Å²) in [7, 11) is 0. The topological polar surface area (TPSA) is 40.3 Å². The molecule has 0 spiro atoms. The molecule has 0 bridgehead atoms. The molecule has 4 nitrogen and oxygen atoms in total. The summed E-state index contributed by atoms with van der Waals surface area (Å²) in [5.74, 6) is 0. The maximum absolute atomic E-state index is 8.44. The van der Waals surface area contributed by atoms with Crippen molar-refractivity contribution in [2.24, 2.45) is 5.16 Å². The fraction of sp³-hybridized carbons (Fsp3) is 0.188. The second-order valence-corrected chi connectivity index (χ2v) is 4.62. The Morgan fingerprint density at radius 2 is 1.45 bits per heavy atom. The zero-order valence-electron chi connectivity index (χ0n) is 11.6. The van der Waals surface area contributed by atoms with Crippen LogP contribution in [-0.4, -0.2) is 11.4 Å². The maximum Gasteiger partial charge on any atom is 0.169 e. The highest BCUT2D eigenvalue weighted by molar-refractivity contribution is 5.78. The number of aryl methyl sites for hydroxylation is 1. The van der Waals surface area contributed by atoms with E-state index in [-0.39, 0.29) is 0 Å². The summed E-state index contributed by atoms with van der Waals surface area (Å²) in [6.07, 6.45) is 13.8. The summed E-state index contributed by atoms with van der Waals surface area (Å²) >= 11 is 0. The zero-order valence-corrected chi connectivity index (χ0v) is 11.6. The zero-order chi connectivity index (χ0) is 14.2. The Hall–Kier alpha value is -2.49. The molecule has 20 heavy (non-hydrogen) atoms. The molecule has 2 aromatic rings. The molecular formula is C16H19N3O+2.